The Kier molecular flexibility index (Phi) is 9.81. The molecular formula is C24H37N2O2+. The second kappa shape index (κ2) is 12.4. The zero-order valence-electron chi connectivity index (χ0n) is 17.6. The summed E-state index contributed by atoms with van der Waals surface area (Å²) in [6.45, 7) is 5.40. The third-order valence-electron chi connectivity index (χ3n) is 5.43. The van der Waals surface area contributed by atoms with Crippen molar-refractivity contribution in [1.82, 2.24) is 4.57 Å². The maximum Gasteiger partial charge on any atom is 0.310 e. The SMILES string of the molecule is CCCCCCCCCCc1n(CC(C)C(=O)O)cc[n+]1Cc1ccccc1. The molecule has 154 valence electrons. The van der Waals surface area contributed by atoms with Crippen LogP contribution in [-0.4, -0.2) is 15.6 Å². The summed E-state index contributed by atoms with van der Waals surface area (Å²) in [5, 5.41) is 9.29. The number of aromatic nitrogens is 2. The van der Waals surface area contributed by atoms with Crippen LogP contribution in [0.25, 0.3) is 0 Å². The van der Waals surface area contributed by atoms with Crippen molar-refractivity contribution < 1.29 is 14.5 Å². The van der Waals surface area contributed by atoms with E-state index >= 15 is 0 Å². The van der Waals surface area contributed by atoms with Crippen LogP contribution in [0, 0.1) is 5.92 Å². The molecule has 1 atom stereocenters. The lowest BCUT2D eigenvalue weighted by molar-refractivity contribution is -0.695. The number of carboxylic acid groups (broad SMARTS) is 1. The molecule has 0 bridgehead atoms. The monoisotopic (exact) mass is 385 g/mol. The minimum absolute atomic E-state index is 0.380. The number of rotatable bonds is 14. The number of unbranched alkanes of at least 4 members (excludes halogenated alkanes) is 7. The fourth-order valence-corrected chi connectivity index (χ4v) is 3.67. The summed E-state index contributed by atoms with van der Waals surface area (Å²) < 4.78 is 4.42. The van der Waals surface area contributed by atoms with E-state index in [1.54, 1.807) is 6.92 Å². The van der Waals surface area contributed by atoms with Crippen LogP contribution in [0.5, 0.6) is 0 Å². The first-order valence-corrected chi connectivity index (χ1v) is 11.0. The van der Waals surface area contributed by atoms with E-state index in [2.05, 4.69) is 46.5 Å². The highest BCUT2D eigenvalue weighted by molar-refractivity contribution is 5.69. The second-order valence-corrected chi connectivity index (χ2v) is 7.94. The lowest BCUT2D eigenvalue weighted by Crippen LogP contribution is -2.38. The van der Waals surface area contributed by atoms with Crippen molar-refractivity contribution in [3.63, 3.8) is 0 Å². The van der Waals surface area contributed by atoms with Crippen LogP contribution in [0.4, 0.5) is 0 Å². The second-order valence-electron chi connectivity index (χ2n) is 7.94. The van der Waals surface area contributed by atoms with E-state index in [0.29, 0.717) is 6.54 Å². The molecule has 0 amide bonds. The van der Waals surface area contributed by atoms with E-state index in [9.17, 15) is 9.90 Å². The molecule has 1 aromatic carbocycles. The Bertz CT molecular complexity index is 694. The fraction of sp³-hybridized carbons (Fsp3) is 0.583. The molecule has 1 heterocycles. The number of imidazole rings is 1. The van der Waals surface area contributed by atoms with Crippen LogP contribution in [0.3, 0.4) is 0 Å². The predicted molar refractivity (Wildman–Crippen MR) is 113 cm³/mol. The largest absolute Gasteiger partial charge is 0.481 e. The molecule has 0 aliphatic carbocycles. The molecule has 1 N–H and O–H groups in total. The number of aliphatic carboxylic acids is 1. The van der Waals surface area contributed by atoms with Crippen molar-refractivity contribution in [2.45, 2.75) is 84.7 Å². The summed E-state index contributed by atoms with van der Waals surface area (Å²) in [6.07, 6.45) is 15.6. The smallest absolute Gasteiger partial charge is 0.310 e. The van der Waals surface area contributed by atoms with Crippen molar-refractivity contribution in [2.75, 3.05) is 0 Å². The van der Waals surface area contributed by atoms with Gasteiger partial charge >= 0.3 is 5.97 Å². The molecule has 0 fully saturated rings. The molecule has 0 saturated heterocycles. The van der Waals surface area contributed by atoms with Crippen molar-refractivity contribution >= 4 is 5.97 Å². The Morgan fingerprint density at radius 2 is 1.68 bits per heavy atom. The van der Waals surface area contributed by atoms with Crippen molar-refractivity contribution in [3.05, 3.63) is 54.1 Å². The molecule has 0 radical (unpaired) electrons. The van der Waals surface area contributed by atoms with Gasteiger partial charge in [-0.25, -0.2) is 9.13 Å². The summed E-state index contributed by atoms with van der Waals surface area (Å²) >= 11 is 0. The highest BCUT2D eigenvalue weighted by atomic mass is 16.4. The molecule has 0 spiro atoms. The van der Waals surface area contributed by atoms with Gasteiger partial charge in [-0.3, -0.25) is 4.79 Å². The van der Waals surface area contributed by atoms with Crippen LogP contribution in [-0.2, 0) is 24.3 Å². The number of carboxylic acids is 1. The molecule has 4 nitrogen and oxygen atoms in total. The molecule has 2 aromatic rings. The highest BCUT2D eigenvalue weighted by Gasteiger charge is 2.21. The first-order chi connectivity index (χ1) is 13.6. The van der Waals surface area contributed by atoms with E-state index in [-0.39, 0.29) is 5.92 Å². The van der Waals surface area contributed by atoms with Gasteiger partial charge in [-0.05, 0) is 18.9 Å². The van der Waals surface area contributed by atoms with E-state index in [4.69, 9.17) is 0 Å². The van der Waals surface area contributed by atoms with Crippen LogP contribution in [0.1, 0.15) is 76.6 Å². The van der Waals surface area contributed by atoms with Crippen LogP contribution in [0.2, 0.25) is 0 Å². The van der Waals surface area contributed by atoms with Crippen molar-refractivity contribution in [2.24, 2.45) is 5.92 Å². The van der Waals surface area contributed by atoms with Gasteiger partial charge in [0.15, 0.2) is 0 Å². The Morgan fingerprint density at radius 1 is 1.04 bits per heavy atom. The number of hydrogen-bond acceptors (Lipinski definition) is 1. The molecule has 2 rings (SSSR count). The summed E-state index contributed by atoms with van der Waals surface area (Å²) in [5.41, 5.74) is 1.27. The predicted octanol–water partition coefficient (Wildman–Crippen LogP) is 5.23. The van der Waals surface area contributed by atoms with Gasteiger partial charge in [0.25, 0.3) is 5.82 Å². The first-order valence-electron chi connectivity index (χ1n) is 11.0. The average molecular weight is 386 g/mol. The zero-order valence-corrected chi connectivity index (χ0v) is 17.6. The van der Waals surface area contributed by atoms with E-state index in [1.165, 1.54) is 56.3 Å². The first kappa shape index (κ1) is 22.2. The van der Waals surface area contributed by atoms with Gasteiger partial charge < -0.3 is 5.11 Å². The van der Waals surface area contributed by atoms with E-state index in [1.807, 2.05) is 12.3 Å². The summed E-state index contributed by atoms with van der Waals surface area (Å²) in [7, 11) is 0. The molecule has 1 aromatic heterocycles. The van der Waals surface area contributed by atoms with Gasteiger partial charge in [-0.1, -0.05) is 82.2 Å². The Morgan fingerprint density at radius 3 is 2.32 bits per heavy atom. The summed E-state index contributed by atoms with van der Waals surface area (Å²) in [5.74, 6) is 0.124. The molecule has 0 aliphatic heterocycles. The number of benzene rings is 1. The van der Waals surface area contributed by atoms with Crippen molar-refractivity contribution in [3.8, 4) is 0 Å². The molecule has 4 heteroatoms. The van der Waals surface area contributed by atoms with Gasteiger partial charge in [0.2, 0.25) is 0 Å². The van der Waals surface area contributed by atoms with Crippen molar-refractivity contribution in [1.29, 1.82) is 0 Å². The van der Waals surface area contributed by atoms with E-state index < -0.39 is 5.97 Å². The summed E-state index contributed by atoms with van der Waals surface area (Å²) in [6, 6.07) is 10.5. The van der Waals surface area contributed by atoms with Crippen LogP contribution < -0.4 is 4.57 Å². The molecule has 0 saturated carbocycles. The quantitative estimate of drug-likeness (QED) is 0.358. The molecular weight excluding hydrogens is 348 g/mol. The number of hydrogen-bond donors (Lipinski definition) is 1. The summed E-state index contributed by atoms with van der Waals surface area (Å²) in [4.78, 5) is 11.3. The van der Waals surface area contributed by atoms with Gasteiger partial charge in [0, 0.05) is 6.42 Å². The van der Waals surface area contributed by atoms with Gasteiger partial charge in [0.1, 0.15) is 25.5 Å². The topological polar surface area (TPSA) is 46.1 Å². The maximum absolute atomic E-state index is 11.3. The van der Waals surface area contributed by atoms with E-state index in [0.717, 1.165) is 19.4 Å². The standard InChI is InChI=1S/C24H36N2O2/c1-3-4-5-6-7-8-9-13-16-23-25(19-21(2)24(27)28)17-18-26(23)20-22-14-11-10-12-15-22/h10-12,14-15,17-18,21H,3-9,13,16,19-20H2,1-2H3/p+1. The highest BCUT2D eigenvalue weighted by Crippen LogP contribution is 2.12. The maximum atomic E-state index is 11.3. The normalized spacial score (nSPS) is 12.2. The zero-order chi connectivity index (χ0) is 20.2. The number of nitrogens with zero attached hydrogens (tertiary/aromatic N) is 2. The minimum Gasteiger partial charge on any atom is -0.481 e. The van der Waals surface area contributed by atoms with Crippen LogP contribution in [0.15, 0.2) is 42.7 Å². The third kappa shape index (κ3) is 7.49. The lowest BCUT2D eigenvalue weighted by Gasteiger charge is -2.08. The Hall–Kier alpha value is -2.10. The minimum atomic E-state index is -0.735. The Labute approximate surface area is 170 Å². The fourth-order valence-electron chi connectivity index (χ4n) is 3.67. The Balaban J connectivity index is 1.95. The molecule has 0 aliphatic rings. The van der Waals surface area contributed by atoms with Gasteiger partial charge in [-0.2, -0.15) is 0 Å². The lowest BCUT2D eigenvalue weighted by atomic mass is 10.1. The van der Waals surface area contributed by atoms with Gasteiger partial charge in [0.05, 0.1) is 5.92 Å². The average Bonchev–Trinajstić information content (AvgIpc) is 3.06. The third-order valence-corrected chi connectivity index (χ3v) is 5.43. The molecule has 1 unspecified atom stereocenters. The molecule has 28 heavy (non-hydrogen) atoms. The van der Waals surface area contributed by atoms with Crippen LogP contribution >= 0.6 is 0 Å². The number of carbonyl (C=O) groups is 1. The van der Waals surface area contributed by atoms with Gasteiger partial charge in [-0.15, -0.1) is 0 Å².